The molecule has 0 aromatic carbocycles. The fraction of sp³-hybridized carbons (Fsp3) is 1.00. The normalized spacial score (nSPS) is 38.5. The lowest BCUT2D eigenvalue weighted by atomic mass is 10.1. The Bertz CT molecular complexity index is 201. The minimum Gasteiger partial charge on any atom is -0.392 e. The quantitative estimate of drug-likeness (QED) is 0.652. The molecule has 1 saturated carbocycles. The summed E-state index contributed by atoms with van der Waals surface area (Å²) in [5.41, 5.74) is -0.470. The SMILES string of the molecule is CC(C)N1CC(O)CC1C1(O)CC1. The maximum absolute atomic E-state index is 10.0. The molecule has 0 spiro atoms. The zero-order valence-corrected chi connectivity index (χ0v) is 8.40. The maximum atomic E-state index is 10.0. The average molecular weight is 185 g/mol. The van der Waals surface area contributed by atoms with Crippen LogP contribution in [0.3, 0.4) is 0 Å². The van der Waals surface area contributed by atoms with Crippen LogP contribution in [0.1, 0.15) is 33.1 Å². The van der Waals surface area contributed by atoms with Gasteiger partial charge in [0, 0.05) is 18.6 Å². The third-order valence-corrected chi connectivity index (χ3v) is 3.36. The first kappa shape index (κ1) is 9.44. The van der Waals surface area contributed by atoms with Crippen molar-refractivity contribution >= 4 is 0 Å². The first-order valence-electron chi connectivity index (χ1n) is 5.19. The number of aliphatic hydroxyl groups excluding tert-OH is 1. The van der Waals surface area contributed by atoms with Gasteiger partial charge >= 0.3 is 0 Å². The standard InChI is InChI=1S/C10H19NO2/c1-7(2)11-6-8(12)5-9(11)10(13)3-4-10/h7-9,12-13H,3-6H2,1-2H3. The van der Waals surface area contributed by atoms with Gasteiger partial charge in [0.2, 0.25) is 0 Å². The van der Waals surface area contributed by atoms with Crippen LogP contribution in [0, 0.1) is 0 Å². The molecule has 0 aromatic heterocycles. The van der Waals surface area contributed by atoms with E-state index in [1.807, 2.05) is 0 Å². The number of β-amino-alcohol motifs (C(OH)–C–C–N with tert-alkyl or cyclic N) is 1. The topological polar surface area (TPSA) is 43.7 Å². The van der Waals surface area contributed by atoms with Crippen molar-refractivity contribution in [3.05, 3.63) is 0 Å². The molecule has 1 aliphatic heterocycles. The van der Waals surface area contributed by atoms with E-state index in [0.717, 1.165) is 25.8 Å². The molecular formula is C10H19NO2. The molecule has 0 radical (unpaired) electrons. The zero-order chi connectivity index (χ0) is 9.64. The van der Waals surface area contributed by atoms with Gasteiger partial charge in [-0.2, -0.15) is 0 Å². The van der Waals surface area contributed by atoms with Crippen molar-refractivity contribution < 1.29 is 10.2 Å². The Morgan fingerprint density at radius 1 is 1.38 bits per heavy atom. The van der Waals surface area contributed by atoms with Crippen molar-refractivity contribution in [1.29, 1.82) is 0 Å². The van der Waals surface area contributed by atoms with Gasteiger partial charge in [-0.15, -0.1) is 0 Å². The van der Waals surface area contributed by atoms with Crippen LogP contribution in [0.25, 0.3) is 0 Å². The largest absolute Gasteiger partial charge is 0.392 e. The van der Waals surface area contributed by atoms with Crippen LogP contribution in [0.4, 0.5) is 0 Å². The van der Waals surface area contributed by atoms with Crippen molar-refractivity contribution in [2.45, 2.75) is 56.9 Å². The van der Waals surface area contributed by atoms with E-state index in [4.69, 9.17) is 0 Å². The Morgan fingerprint density at radius 3 is 2.46 bits per heavy atom. The number of nitrogens with zero attached hydrogens (tertiary/aromatic N) is 1. The Hall–Kier alpha value is -0.120. The summed E-state index contributed by atoms with van der Waals surface area (Å²) in [4.78, 5) is 2.23. The van der Waals surface area contributed by atoms with Gasteiger partial charge in [0.1, 0.15) is 0 Å². The lowest BCUT2D eigenvalue weighted by Crippen LogP contribution is -2.44. The van der Waals surface area contributed by atoms with E-state index in [1.165, 1.54) is 0 Å². The van der Waals surface area contributed by atoms with Crippen LogP contribution in [-0.2, 0) is 0 Å². The Kier molecular flexibility index (Phi) is 2.13. The first-order chi connectivity index (χ1) is 6.03. The molecule has 3 heteroatoms. The smallest absolute Gasteiger partial charge is 0.0805 e. The molecule has 0 aromatic rings. The number of likely N-dealkylation sites (tertiary alicyclic amines) is 1. The molecule has 1 heterocycles. The van der Waals surface area contributed by atoms with E-state index in [2.05, 4.69) is 18.7 Å². The molecule has 2 unspecified atom stereocenters. The van der Waals surface area contributed by atoms with Crippen LogP contribution >= 0.6 is 0 Å². The average Bonchev–Trinajstić information content (AvgIpc) is 2.62. The van der Waals surface area contributed by atoms with Crippen molar-refractivity contribution in [2.24, 2.45) is 0 Å². The first-order valence-corrected chi connectivity index (χ1v) is 5.19. The van der Waals surface area contributed by atoms with Gasteiger partial charge in [0.25, 0.3) is 0 Å². The number of rotatable bonds is 2. The van der Waals surface area contributed by atoms with Gasteiger partial charge in [-0.25, -0.2) is 0 Å². The Labute approximate surface area is 79.4 Å². The molecule has 2 N–H and O–H groups in total. The highest BCUT2D eigenvalue weighted by atomic mass is 16.3. The predicted octanol–water partition coefficient (Wildman–Crippen LogP) is 0.355. The summed E-state index contributed by atoms with van der Waals surface area (Å²) in [7, 11) is 0. The summed E-state index contributed by atoms with van der Waals surface area (Å²) in [5.74, 6) is 0. The molecule has 1 saturated heterocycles. The third kappa shape index (κ3) is 1.60. The molecule has 0 bridgehead atoms. The molecule has 3 nitrogen and oxygen atoms in total. The van der Waals surface area contributed by atoms with Crippen LogP contribution in [0.2, 0.25) is 0 Å². The molecule has 2 fully saturated rings. The molecule has 1 aliphatic carbocycles. The lowest BCUT2D eigenvalue weighted by Gasteiger charge is -2.31. The Balaban J connectivity index is 2.08. The highest BCUT2D eigenvalue weighted by Gasteiger charge is 2.53. The second kappa shape index (κ2) is 2.94. The minimum atomic E-state index is -0.470. The van der Waals surface area contributed by atoms with E-state index in [1.54, 1.807) is 0 Å². The van der Waals surface area contributed by atoms with Gasteiger partial charge in [-0.3, -0.25) is 4.90 Å². The van der Waals surface area contributed by atoms with E-state index in [9.17, 15) is 10.2 Å². The lowest BCUT2D eigenvalue weighted by molar-refractivity contribution is 0.0379. The minimum absolute atomic E-state index is 0.197. The van der Waals surface area contributed by atoms with Gasteiger partial charge in [0.15, 0.2) is 0 Å². The van der Waals surface area contributed by atoms with E-state index >= 15 is 0 Å². The molecule has 0 amide bonds. The van der Waals surface area contributed by atoms with E-state index in [0.29, 0.717) is 6.04 Å². The Morgan fingerprint density at radius 2 is 2.00 bits per heavy atom. The second-order valence-electron chi connectivity index (χ2n) is 4.80. The molecule has 2 aliphatic rings. The number of hydrogen-bond acceptors (Lipinski definition) is 3. The van der Waals surface area contributed by atoms with Crippen molar-refractivity contribution in [2.75, 3.05) is 6.54 Å². The zero-order valence-electron chi connectivity index (χ0n) is 8.40. The summed E-state index contributed by atoms with van der Waals surface area (Å²) in [6, 6.07) is 0.620. The van der Waals surface area contributed by atoms with Gasteiger partial charge in [0.05, 0.1) is 11.7 Å². The van der Waals surface area contributed by atoms with Crippen molar-refractivity contribution in [3.8, 4) is 0 Å². The highest BCUT2D eigenvalue weighted by molar-refractivity contribution is 5.08. The molecule has 2 rings (SSSR count). The van der Waals surface area contributed by atoms with Crippen LogP contribution < -0.4 is 0 Å². The number of hydrogen-bond donors (Lipinski definition) is 2. The van der Waals surface area contributed by atoms with Gasteiger partial charge < -0.3 is 10.2 Å². The third-order valence-electron chi connectivity index (χ3n) is 3.36. The molecule has 76 valence electrons. The van der Waals surface area contributed by atoms with Crippen molar-refractivity contribution in [1.82, 2.24) is 4.90 Å². The summed E-state index contributed by atoms with van der Waals surface area (Å²) < 4.78 is 0. The monoisotopic (exact) mass is 185 g/mol. The summed E-state index contributed by atoms with van der Waals surface area (Å²) >= 11 is 0. The van der Waals surface area contributed by atoms with Crippen molar-refractivity contribution in [3.63, 3.8) is 0 Å². The maximum Gasteiger partial charge on any atom is 0.0805 e. The van der Waals surface area contributed by atoms with E-state index in [-0.39, 0.29) is 12.1 Å². The van der Waals surface area contributed by atoms with Gasteiger partial charge in [-0.05, 0) is 33.1 Å². The number of aliphatic hydroxyl groups is 2. The fourth-order valence-electron chi connectivity index (χ4n) is 2.40. The molecular weight excluding hydrogens is 166 g/mol. The fourth-order valence-corrected chi connectivity index (χ4v) is 2.40. The van der Waals surface area contributed by atoms with Crippen LogP contribution in [0.15, 0.2) is 0 Å². The van der Waals surface area contributed by atoms with Crippen LogP contribution in [0.5, 0.6) is 0 Å². The molecule has 2 atom stereocenters. The molecule has 13 heavy (non-hydrogen) atoms. The van der Waals surface area contributed by atoms with E-state index < -0.39 is 5.60 Å². The summed E-state index contributed by atoms with van der Waals surface area (Å²) in [6.07, 6.45) is 2.33. The predicted molar refractivity (Wildman–Crippen MR) is 50.4 cm³/mol. The highest BCUT2D eigenvalue weighted by Crippen LogP contribution is 2.45. The van der Waals surface area contributed by atoms with Crippen LogP contribution in [-0.4, -0.2) is 45.4 Å². The summed E-state index contributed by atoms with van der Waals surface area (Å²) in [5, 5.41) is 19.6. The van der Waals surface area contributed by atoms with Gasteiger partial charge in [-0.1, -0.05) is 0 Å². The summed E-state index contributed by atoms with van der Waals surface area (Å²) in [6.45, 7) is 4.97. The second-order valence-corrected chi connectivity index (χ2v) is 4.80.